The molecular formula is C28H31NOS2. The van der Waals surface area contributed by atoms with Crippen molar-refractivity contribution in [2.24, 2.45) is 5.92 Å². The van der Waals surface area contributed by atoms with Crippen LogP contribution in [0.5, 0.6) is 0 Å². The van der Waals surface area contributed by atoms with Crippen LogP contribution < -0.4 is 0 Å². The fourth-order valence-electron chi connectivity index (χ4n) is 5.40. The van der Waals surface area contributed by atoms with E-state index < -0.39 is 6.23 Å². The van der Waals surface area contributed by atoms with Crippen molar-refractivity contribution >= 4 is 23.5 Å². The summed E-state index contributed by atoms with van der Waals surface area (Å²) < 4.78 is -0.358. The molecule has 0 radical (unpaired) electrons. The predicted molar refractivity (Wildman–Crippen MR) is 136 cm³/mol. The smallest absolute Gasteiger partial charge is 0.132 e. The fraction of sp³-hybridized carbons (Fsp3) is 0.357. The highest BCUT2D eigenvalue weighted by Gasteiger charge is 2.53. The molecular weight excluding hydrogens is 430 g/mol. The molecule has 0 bridgehead atoms. The number of nitrogens with zero attached hydrogens (tertiary/aromatic N) is 1. The predicted octanol–water partition coefficient (Wildman–Crippen LogP) is 7.22. The Kier molecular flexibility index (Phi) is 6.66. The van der Waals surface area contributed by atoms with Gasteiger partial charge in [-0.25, -0.2) is 0 Å². The average Bonchev–Trinajstić information content (AvgIpc) is 2.84. The Bertz CT molecular complexity index is 956. The minimum Gasteiger partial charge on any atom is -0.376 e. The molecule has 1 unspecified atom stereocenters. The molecule has 2 nitrogen and oxygen atoms in total. The number of rotatable bonds is 5. The van der Waals surface area contributed by atoms with Gasteiger partial charge in [-0.15, -0.1) is 23.5 Å². The quantitative estimate of drug-likeness (QED) is 0.405. The van der Waals surface area contributed by atoms with Gasteiger partial charge >= 0.3 is 0 Å². The molecule has 0 aromatic heterocycles. The molecule has 0 amide bonds. The molecule has 4 atom stereocenters. The lowest BCUT2D eigenvalue weighted by atomic mass is 9.79. The zero-order chi connectivity index (χ0) is 22.0. The molecule has 2 aliphatic heterocycles. The van der Waals surface area contributed by atoms with Crippen molar-refractivity contribution in [2.45, 2.75) is 64.8 Å². The number of benzene rings is 3. The summed E-state index contributed by atoms with van der Waals surface area (Å²) in [5.74, 6) is 0.603. The highest BCUT2D eigenvalue weighted by atomic mass is 32.2. The maximum Gasteiger partial charge on any atom is 0.132 e. The van der Waals surface area contributed by atoms with Gasteiger partial charge in [0, 0.05) is 21.9 Å². The van der Waals surface area contributed by atoms with Crippen LogP contribution in [0.2, 0.25) is 0 Å². The van der Waals surface area contributed by atoms with Crippen LogP contribution >= 0.6 is 23.5 Å². The van der Waals surface area contributed by atoms with Crippen LogP contribution in [0, 0.1) is 5.92 Å². The summed E-state index contributed by atoms with van der Waals surface area (Å²) in [7, 11) is 0. The average molecular weight is 462 g/mol. The van der Waals surface area contributed by atoms with Crippen molar-refractivity contribution < 1.29 is 5.11 Å². The van der Waals surface area contributed by atoms with Crippen molar-refractivity contribution in [3.8, 4) is 0 Å². The molecule has 2 aliphatic rings. The highest BCUT2D eigenvalue weighted by molar-refractivity contribution is 8.18. The second-order valence-electron chi connectivity index (χ2n) is 9.05. The summed E-state index contributed by atoms with van der Waals surface area (Å²) in [6, 6.07) is 32.7. The number of fused-ring (bicyclic) bond motifs is 1. The minimum atomic E-state index is -0.537. The molecule has 5 rings (SSSR count). The first-order valence-corrected chi connectivity index (χ1v) is 13.3. The van der Waals surface area contributed by atoms with E-state index in [9.17, 15) is 5.11 Å². The van der Waals surface area contributed by atoms with Gasteiger partial charge in [0.2, 0.25) is 0 Å². The van der Waals surface area contributed by atoms with Crippen molar-refractivity contribution in [3.05, 3.63) is 96.6 Å². The molecule has 3 aromatic carbocycles. The lowest BCUT2D eigenvalue weighted by Gasteiger charge is -2.56. The van der Waals surface area contributed by atoms with Gasteiger partial charge in [-0.2, -0.15) is 0 Å². The number of thioether (sulfide) groups is 2. The molecule has 32 heavy (non-hydrogen) atoms. The summed E-state index contributed by atoms with van der Waals surface area (Å²) in [6.45, 7) is 2.37. The largest absolute Gasteiger partial charge is 0.376 e. The Morgan fingerprint density at radius 1 is 0.750 bits per heavy atom. The molecule has 2 fully saturated rings. The number of hydrogen-bond donors (Lipinski definition) is 1. The maximum absolute atomic E-state index is 12.2. The number of piperidine rings is 2. The Balaban J connectivity index is 1.54. The second kappa shape index (κ2) is 9.64. The van der Waals surface area contributed by atoms with Crippen LogP contribution in [0.1, 0.15) is 44.2 Å². The number of hydrogen-bond acceptors (Lipinski definition) is 4. The van der Waals surface area contributed by atoms with E-state index in [-0.39, 0.29) is 10.1 Å². The minimum absolute atomic E-state index is 0.264. The SMILES string of the molecule is C[C@@H]1CC[C@@H](c2ccccc2)N2C(O)C(Sc3ccccc3)(Sc3ccccc3)CC[C@H]12. The van der Waals surface area contributed by atoms with Gasteiger partial charge in [-0.05, 0) is 61.4 Å². The second-order valence-corrected chi connectivity index (χ2v) is 12.1. The van der Waals surface area contributed by atoms with Gasteiger partial charge in [0.1, 0.15) is 10.3 Å². The van der Waals surface area contributed by atoms with Crippen LogP contribution in [0.15, 0.2) is 101 Å². The van der Waals surface area contributed by atoms with Gasteiger partial charge in [0.15, 0.2) is 0 Å². The number of aliphatic hydroxyl groups is 1. The molecule has 0 saturated carbocycles. The van der Waals surface area contributed by atoms with E-state index in [1.165, 1.54) is 21.8 Å². The van der Waals surface area contributed by atoms with E-state index in [0.717, 1.165) is 19.3 Å². The summed E-state index contributed by atoms with van der Waals surface area (Å²) in [4.78, 5) is 4.91. The van der Waals surface area contributed by atoms with Gasteiger partial charge < -0.3 is 5.11 Å². The van der Waals surface area contributed by atoms with Crippen LogP contribution in [0.4, 0.5) is 0 Å². The zero-order valence-electron chi connectivity index (χ0n) is 18.5. The first-order valence-electron chi connectivity index (χ1n) is 11.6. The van der Waals surface area contributed by atoms with E-state index in [2.05, 4.69) is 103 Å². The Morgan fingerprint density at radius 3 is 1.84 bits per heavy atom. The molecule has 4 heteroatoms. The first kappa shape index (κ1) is 22.1. The molecule has 2 heterocycles. The monoisotopic (exact) mass is 461 g/mol. The lowest BCUT2D eigenvalue weighted by Crippen LogP contribution is -2.61. The molecule has 166 valence electrons. The summed E-state index contributed by atoms with van der Waals surface area (Å²) in [5.41, 5.74) is 1.33. The van der Waals surface area contributed by atoms with Gasteiger partial charge in [0.05, 0.1) is 0 Å². The normalized spacial score (nSPS) is 27.6. The Labute approximate surface area is 200 Å². The first-order chi connectivity index (χ1) is 15.7. The lowest BCUT2D eigenvalue weighted by molar-refractivity contribution is -0.119. The van der Waals surface area contributed by atoms with E-state index in [0.29, 0.717) is 12.0 Å². The van der Waals surface area contributed by atoms with Crippen LogP contribution in [-0.2, 0) is 0 Å². The third-order valence-corrected chi connectivity index (χ3v) is 10.0. The van der Waals surface area contributed by atoms with E-state index in [1.807, 2.05) is 23.5 Å². The van der Waals surface area contributed by atoms with Gasteiger partial charge in [-0.3, -0.25) is 4.90 Å². The van der Waals surface area contributed by atoms with E-state index in [1.54, 1.807) is 0 Å². The topological polar surface area (TPSA) is 23.5 Å². The third-order valence-electron chi connectivity index (χ3n) is 7.01. The van der Waals surface area contributed by atoms with Gasteiger partial charge in [-0.1, -0.05) is 73.7 Å². The van der Waals surface area contributed by atoms with E-state index in [4.69, 9.17) is 0 Å². The fourth-order valence-corrected chi connectivity index (χ4v) is 8.42. The summed E-state index contributed by atoms with van der Waals surface area (Å²) in [6.07, 6.45) is 3.88. The maximum atomic E-state index is 12.2. The van der Waals surface area contributed by atoms with Gasteiger partial charge in [0.25, 0.3) is 0 Å². The summed E-state index contributed by atoms with van der Waals surface area (Å²) in [5, 5.41) is 12.2. The molecule has 0 spiro atoms. The third kappa shape index (κ3) is 4.38. The van der Waals surface area contributed by atoms with Crippen LogP contribution in [0.3, 0.4) is 0 Å². The Hall–Kier alpha value is -1.72. The van der Waals surface area contributed by atoms with Crippen molar-refractivity contribution in [1.29, 1.82) is 0 Å². The number of aliphatic hydroxyl groups excluding tert-OH is 1. The van der Waals surface area contributed by atoms with Crippen molar-refractivity contribution in [3.63, 3.8) is 0 Å². The van der Waals surface area contributed by atoms with Crippen LogP contribution in [-0.4, -0.2) is 26.4 Å². The standard InChI is InChI=1S/C28H31NOS2/c1-21-17-18-26(22-11-5-2-6-12-22)29-25(21)19-20-28(27(29)30,31-23-13-7-3-8-14-23)32-24-15-9-4-10-16-24/h2-16,21,25-27,30H,17-20H2,1H3/t21-,25-,26+,27?/m1/s1. The van der Waals surface area contributed by atoms with Crippen molar-refractivity contribution in [2.75, 3.05) is 0 Å². The summed E-state index contributed by atoms with van der Waals surface area (Å²) >= 11 is 3.68. The zero-order valence-corrected chi connectivity index (χ0v) is 20.1. The van der Waals surface area contributed by atoms with E-state index >= 15 is 0 Å². The molecule has 2 saturated heterocycles. The molecule has 3 aromatic rings. The Morgan fingerprint density at radius 2 is 1.28 bits per heavy atom. The highest BCUT2D eigenvalue weighted by Crippen LogP contribution is 2.57. The van der Waals surface area contributed by atoms with Crippen LogP contribution in [0.25, 0.3) is 0 Å². The molecule has 0 aliphatic carbocycles. The molecule has 1 N–H and O–H groups in total. The van der Waals surface area contributed by atoms with Crippen molar-refractivity contribution in [1.82, 2.24) is 4.90 Å².